The number of anilines is 1. The normalized spacial score (nSPS) is 10.6. The molecule has 0 amide bonds. The largest absolute Gasteiger partial charge is 0.462 e. The quantitative estimate of drug-likeness (QED) is 0.809. The van der Waals surface area contributed by atoms with E-state index in [-0.39, 0.29) is 11.4 Å². The summed E-state index contributed by atoms with van der Waals surface area (Å²) in [7, 11) is 0. The summed E-state index contributed by atoms with van der Waals surface area (Å²) >= 11 is 1.72. The molecule has 5 nitrogen and oxygen atoms in total. The first-order valence-corrected chi connectivity index (χ1v) is 6.49. The van der Waals surface area contributed by atoms with Crippen molar-refractivity contribution in [3.63, 3.8) is 0 Å². The van der Waals surface area contributed by atoms with E-state index in [1.165, 1.54) is 6.20 Å². The van der Waals surface area contributed by atoms with Crippen LogP contribution in [0.3, 0.4) is 0 Å². The predicted molar refractivity (Wildman–Crippen MR) is 68.8 cm³/mol. The van der Waals surface area contributed by atoms with Gasteiger partial charge in [0.2, 0.25) is 0 Å². The number of hydrogen-bond donors (Lipinski definition) is 1. The van der Waals surface area contributed by atoms with E-state index in [1.807, 2.05) is 0 Å². The molecular formula is C11H17N3O2S. The molecule has 0 aliphatic rings. The maximum absolute atomic E-state index is 11.5. The molecule has 0 unspecified atom stereocenters. The van der Waals surface area contributed by atoms with E-state index in [0.29, 0.717) is 23.4 Å². The number of carbonyl (C=O) groups excluding carboxylic acids is 1. The fraction of sp³-hybridized carbons (Fsp3) is 0.545. The Balaban J connectivity index is 2.75. The zero-order chi connectivity index (χ0) is 12.8. The van der Waals surface area contributed by atoms with Gasteiger partial charge in [-0.3, -0.25) is 0 Å². The summed E-state index contributed by atoms with van der Waals surface area (Å²) in [5.74, 6) is 1.02. The van der Waals surface area contributed by atoms with Crippen LogP contribution < -0.4 is 5.73 Å². The zero-order valence-corrected chi connectivity index (χ0v) is 11.1. The summed E-state index contributed by atoms with van der Waals surface area (Å²) in [4.78, 5) is 19.7. The van der Waals surface area contributed by atoms with Crippen LogP contribution in [-0.2, 0) is 10.5 Å². The Morgan fingerprint density at radius 1 is 1.59 bits per heavy atom. The van der Waals surface area contributed by atoms with Crippen molar-refractivity contribution in [3.8, 4) is 0 Å². The third-order valence-electron chi connectivity index (χ3n) is 1.91. The van der Waals surface area contributed by atoms with Crippen LogP contribution in [0, 0.1) is 0 Å². The Labute approximate surface area is 105 Å². The molecule has 0 aliphatic heterocycles. The van der Waals surface area contributed by atoms with Crippen LogP contribution in [0.4, 0.5) is 5.82 Å². The van der Waals surface area contributed by atoms with Crippen molar-refractivity contribution in [2.24, 2.45) is 0 Å². The van der Waals surface area contributed by atoms with Gasteiger partial charge in [-0.1, -0.05) is 13.8 Å². The molecule has 0 saturated heterocycles. The standard InChI is InChI=1S/C11H17N3O2S/c1-4-16-11(15)8-5-13-9(14-10(8)12)6-17-7(2)3/h5,7H,4,6H2,1-3H3,(H2,12,13,14). The number of hydrogen-bond acceptors (Lipinski definition) is 6. The second-order valence-electron chi connectivity index (χ2n) is 3.67. The third kappa shape index (κ3) is 4.22. The lowest BCUT2D eigenvalue weighted by atomic mass is 10.3. The maximum atomic E-state index is 11.5. The molecule has 0 fully saturated rings. The van der Waals surface area contributed by atoms with Crippen LogP contribution in [0.15, 0.2) is 6.20 Å². The lowest BCUT2D eigenvalue weighted by molar-refractivity contribution is 0.0526. The van der Waals surface area contributed by atoms with Crippen molar-refractivity contribution < 1.29 is 9.53 Å². The van der Waals surface area contributed by atoms with Gasteiger partial charge < -0.3 is 10.5 Å². The van der Waals surface area contributed by atoms with E-state index in [2.05, 4.69) is 23.8 Å². The minimum Gasteiger partial charge on any atom is -0.462 e. The van der Waals surface area contributed by atoms with Crippen molar-refractivity contribution in [1.82, 2.24) is 9.97 Å². The van der Waals surface area contributed by atoms with E-state index in [9.17, 15) is 4.79 Å². The molecule has 1 aromatic heterocycles. The zero-order valence-electron chi connectivity index (χ0n) is 10.3. The number of nitrogen functional groups attached to an aromatic ring is 1. The Hall–Kier alpha value is -1.30. The summed E-state index contributed by atoms with van der Waals surface area (Å²) in [6.07, 6.45) is 1.43. The molecule has 6 heteroatoms. The molecule has 1 rings (SSSR count). The van der Waals surface area contributed by atoms with Crippen LogP contribution >= 0.6 is 11.8 Å². The summed E-state index contributed by atoms with van der Waals surface area (Å²) in [5, 5.41) is 0.504. The Morgan fingerprint density at radius 3 is 2.82 bits per heavy atom. The van der Waals surface area contributed by atoms with Crippen LogP contribution in [0.25, 0.3) is 0 Å². The minimum atomic E-state index is -0.479. The number of nitrogens with zero attached hydrogens (tertiary/aromatic N) is 2. The van der Waals surface area contributed by atoms with Gasteiger partial charge in [0.05, 0.1) is 12.4 Å². The topological polar surface area (TPSA) is 78.1 Å². The first kappa shape index (κ1) is 13.8. The van der Waals surface area contributed by atoms with Crippen molar-refractivity contribution in [1.29, 1.82) is 0 Å². The average molecular weight is 255 g/mol. The van der Waals surface area contributed by atoms with Crippen LogP contribution in [-0.4, -0.2) is 27.8 Å². The monoisotopic (exact) mass is 255 g/mol. The first-order valence-electron chi connectivity index (χ1n) is 5.44. The van der Waals surface area contributed by atoms with E-state index < -0.39 is 5.97 Å². The van der Waals surface area contributed by atoms with Crippen LogP contribution in [0.5, 0.6) is 0 Å². The molecule has 0 radical (unpaired) electrons. The van der Waals surface area contributed by atoms with Gasteiger partial charge in [0.1, 0.15) is 17.2 Å². The number of esters is 1. The maximum Gasteiger partial charge on any atom is 0.343 e. The van der Waals surface area contributed by atoms with E-state index in [4.69, 9.17) is 10.5 Å². The van der Waals surface area contributed by atoms with Gasteiger partial charge in [0.25, 0.3) is 0 Å². The van der Waals surface area contributed by atoms with E-state index in [1.54, 1.807) is 18.7 Å². The second kappa shape index (κ2) is 6.44. The van der Waals surface area contributed by atoms with Gasteiger partial charge in [-0.05, 0) is 12.2 Å². The van der Waals surface area contributed by atoms with Gasteiger partial charge >= 0.3 is 5.97 Å². The van der Waals surface area contributed by atoms with Gasteiger partial charge in [-0.15, -0.1) is 0 Å². The highest BCUT2D eigenvalue weighted by molar-refractivity contribution is 7.99. The predicted octanol–water partition coefficient (Wildman–Crippen LogP) is 1.88. The van der Waals surface area contributed by atoms with Gasteiger partial charge in [0.15, 0.2) is 0 Å². The number of rotatable bonds is 5. The fourth-order valence-electron chi connectivity index (χ4n) is 1.11. The lowest BCUT2D eigenvalue weighted by Gasteiger charge is -2.07. The van der Waals surface area contributed by atoms with Gasteiger partial charge in [0, 0.05) is 6.20 Å². The lowest BCUT2D eigenvalue weighted by Crippen LogP contribution is -2.11. The number of carbonyl (C=O) groups is 1. The average Bonchev–Trinajstić information content (AvgIpc) is 2.26. The molecule has 1 heterocycles. The van der Waals surface area contributed by atoms with Crippen molar-refractivity contribution in [2.45, 2.75) is 31.8 Å². The molecule has 0 spiro atoms. The molecule has 0 aromatic carbocycles. The molecular weight excluding hydrogens is 238 g/mol. The van der Waals surface area contributed by atoms with E-state index in [0.717, 1.165) is 0 Å². The summed E-state index contributed by atoms with van der Waals surface area (Å²) in [5.41, 5.74) is 5.92. The minimum absolute atomic E-state index is 0.179. The molecule has 17 heavy (non-hydrogen) atoms. The fourth-order valence-corrected chi connectivity index (χ4v) is 1.73. The first-order chi connectivity index (χ1) is 8.04. The Bertz CT molecular complexity index is 396. The molecule has 0 aliphatic carbocycles. The molecule has 2 N–H and O–H groups in total. The number of ether oxygens (including phenoxy) is 1. The van der Waals surface area contributed by atoms with E-state index >= 15 is 0 Å². The van der Waals surface area contributed by atoms with Crippen molar-refractivity contribution in [3.05, 3.63) is 17.6 Å². The molecule has 0 atom stereocenters. The Kier molecular flexibility index (Phi) is 5.21. The third-order valence-corrected chi connectivity index (χ3v) is 3.00. The summed E-state index contributed by atoms with van der Waals surface area (Å²) in [6, 6.07) is 0. The molecule has 1 aromatic rings. The second-order valence-corrected chi connectivity index (χ2v) is 5.23. The summed E-state index contributed by atoms with van der Waals surface area (Å²) in [6.45, 7) is 6.24. The van der Waals surface area contributed by atoms with Gasteiger partial charge in [-0.2, -0.15) is 11.8 Å². The van der Waals surface area contributed by atoms with Crippen molar-refractivity contribution in [2.75, 3.05) is 12.3 Å². The summed E-state index contributed by atoms with van der Waals surface area (Å²) < 4.78 is 4.84. The Morgan fingerprint density at radius 2 is 2.29 bits per heavy atom. The highest BCUT2D eigenvalue weighted by Crippen LogP contribution is 2.16. The highest BCUT2D eigenvalue weighted by atomic mass is 32.2. The SMILES string of the molecule is CCOC(=O)c1cnc(CSC(C)C)nc1N. The highest BCUT2D eigenvalue weighted by Gasteiger charge is 2.13. The molecule has 0 saturated carbocycles. The van der Waals surface area contributed by atoms with Crippen molar-refractivity contribution >= 4 is 23.5 Å². The molecule has 94 valence electrons. The molecule has 0 bridgehead atoms. The van der Waals surface area contributed by atoms with Crippen LogP contribution in [0.1, 0.15) is 37.0 Å². The van der Waals surface area contributed by atoms with Crippen LogP contribution in [0.2, 0.25) is 0 Å². The number of nitrogens with two attached hydrogens (primary N) is 1. The smallest absolute Gasteiger partial charge is 0.343 e. The number of thioether (sulfide) groups is 1. The van der Waals surface area contributed by atoms with Gasteiger partial charge in [-0.25, -0.2) is 14.8 Å². The number of aromatic nitrogens is 2.